The quantitative estimate of drug-likeness (QED) is 0.320. The highest BCUT2D eigenvalue weighted by atomic mass is 127. The third-order valence-electron chi connectivity index (χ3n) is 3.93. The van der Waals surface area contributed by atoms with Crippen molar-refractivity contribution < 1.29 is 19.8 Å². The number of aliphatic carboxylic acids is 1. The van der Waals surface area contributed by atoms with E-state index in [1.54, 1.807) is 46.9 Å². The summed E-state index contributed by atoms with van der Waals surface area (Å²) in [6.07, 6.45) is 0.916. The molecule has 1 amide bonds. The summed E-state index contributed by atoms with van der Waals surface area (Å²) < 4.78 is -1.33. The second kappa shape index (κ2) is 5.79. The van der Waals surface area contributed by atoms with Crippen molar-refractivity contribution >= 4 is 56.8 Å². The third kappa shape index (κ3) is 2.51. The van der Waals surface area contributed by atoms with Crippen LogP contribution in [0.1, 0.15) is 23.3 Å². The van der Waals surface area contributed by atoms with Crippen LogP contribution < -0.4 is 0 Å². The molecule has 2 aromatic rings. The van der Waals surface area contributed by atoms with Crippen LogP contribution in [-0.2, 0) is 4.79 Å². The molecule has 0 radical (unpaired) electrons. The van der Waals surface area contributed by atoms with Crippen LogP contribution in [0.5, 0.6) is 5.75 Å². The van der Waals surface area contributed by atoms with Gasteiger partial charge in [-0.2, -0.15) is 0 Å². The molecule has 8 heteroatoms. The number of aromatic hydroxyl groups is 1. The summed E-state index contributed by atoms with van der Waals surface area (Å²) in [7, 11) is 0. The van der Waals surface area contributed by atoms with Crippen molar-refractivity contribution in [3.05, 3.63) is 35.1 Å². The Hall–Kier alpha value is -1.61. The third-order valence-corrected chi connectivity index (χ3v) is 5.80. The van der Waals surface area contributed by atoms with Gasteiger partial charge in [0.2, 0.25) is 0 Å². The van der Waals surface area contributed by atoms with Crippen molar-refractivity contribution in [2.75, 3.05) is 6.54 Å². The molecule has 0 bridgehead atoms. The standard InChI is InChI=1S/C15H12ClIN2O4/c16-12-9-5-2-1-4-8(9)11(20)10(18-12)13(21)19-7-3-6-15(19,17)14(22)23/h1-2,4-5,20H,3,6-7H2,(H,22,23). The van der Waals surface area contributed by atoms with Gasteiger partial charge in [-0.1, -0.05) is 35.9 Å². The number of carbonyl (C=O) groups excluding carboxylic acids is 1. The molecule has 1 saturated heterocycles. The smallest absolute Gasteiger partial charge is 0.340 e. The van der Waals surface area contributed by atoms with Crippen molar-refractivity contribution in [3.8, 4) is 5.75 Å². The molecule has 1 fully saturated rings. The molecular weight excluding hydrogens is 435 g/mol. The van der Waals surface area contributed by atoms with Gasteiger partial charge in [0, 0.05) is 17.3 Å². The van der Waals surface area contributed by atoms with E-state index in [1.807, 2.05) is 0 Å². The Morgan fingerprint density at radius 3 is 2.61 bits per heavy atom. The van der Waals surface area contributed by atoms with Crippen molar-refractivity contribution in [3.63, 3.8) is 0 Å². The van der Waals surface area contributed by atoms with E-state index in [0.717, 1.165) is 0 Å². The minimum absolute atomic E-state index is 0.0929. The average Bonchev–Trinajstić information content (AvgIpc) is 2.93. The monoisotopic (exact) mass is 446 g/mol. The molecule has 2 heterocycles. The molecule has 0 saturated carbocycles. The molecule has 120 valence electrons. The summed E-state index contributed by atoms with van der Waals surface area (Å²) in [4.78, 5) is 29.5. The molecule has 23 heavy (non-hydrogen) atoms. The lowest BCUT2D eigenvalue weighted by Gasteiger charge is -2.29. The summed E-state index contributed by atoms with van der Waals surface area (Å²) >= 11 is 7.87. The van der Waals surface area contributed by atoms with Crippen molar-refractivity contribution in [2.45, 2.75) is 16.4 Å². The molecule has 1 unspecified atom stereocenters. The number of hydrogen-bond donors (Lipinski definition) is 2. The van der Waals surface area contributed by atoms with E-state index in [1.165, 1.54) is 4.90 Å². The molecule has 1 aromatic carbocycles. The van der Waals surface area contributed by atoms with Crippen LogP contribution in [-0.4, -0.2) is 42.1 Å². The van der Waals surface area contributed by atoms with Gasteiger partial charge in [0.25, 0.3) is 5.91 Å². The second-order valence-electron chi connectivity index (χ2n) is 5.27. The predicted molar refractivity (Wildman–Crippen MR) is 93.1 cm³/mol. The lowest BCUT2D eigenvalue weighted by Crippen LogP contribution is -2.48. The minimum Gasteiger partial charge on any atom is -0.505 e. The zero-order chi connectivity index (χ0) is 16.8. The lowest BCUT2D eigenvalue weighted by atomic mass is 10.1. The highest BCUT2D eigenvalue weighted by molar-refractivity contribution is 14.1. The number of carbonyl (C=O) groups is 2. The Balaban J connectivity index is 2.12. The van der Waals surface area contributed by atoms with Gasteiger partial charge in [-0.3, -0.25) is 4.79 Å². The predicted octanol–water partition coefficient (Wildman–Crippen LogP) is 3.05. The largest absolute Gasteiger partial charge is 0.505 e. The van der Waals surface area contributed by atoms with E-state index in [-0.39, 0.29) is 16.6 Å². The Labute approximate surface area is 150 Å². The van der Waals surface area contributed by atoms with Crippen LogP contribution in [0.15, 0.2) is 24.3 Å². The van der Waals surface area contributed by atoms with Crippen molar-refractivity contribution in [2.24, 2.45) is 0 Å². The van der Waals surface area contributed by atoms with E-state index < -0.39 is 15.4 Å². The first kappa shape index (κ1) is 16.3. The van der Waals surface area contributed by atoms with Crippen LogP contribution in [0.4, 0.5) is 0 Å². The van der Waals surface area contributed by atoms with Gasteiger partial charge < -0.3 is 15.1 Å². The van der Waals surface area contributed by atoms with Crippen LogP contribution >= 0.6 is 34.2 Å². The van der Waals surface area contributed by atoms with E-state index in [4.69, 9.17) is 11.6 Å². The van der Waals surface area contributed by atoms with Crippen LogP contribution in [0.2, 0.25) is 5.15 Å². The Kier molecular flexibility index (Phi) is 4.09. The molecule has 1 atom stereocenters. The molecule has 1 aliphatic heterocycles. The van der Waals surface area contributed by atoms with Gasteiger partial charge in [-0.05, 0) is 35.4 Å². The molecule has 3 rings (SSSR count). The van der Waals surface area contributed by atoms with E-state index in [2.05, 4.69) is 4.98 Å². The van der Waals surface area contributed by atoms with Crippen LogP contribution in [0.25, 0.3) is 10.8 Å². The summed E-state index contributed by atoms with van der Waals surface area (Å²) in [6, 6.07) is 6.78. The maximum absolute atomic E-state index is 12.8. The SMILES string of the molecule is O=C(c1nc(Cl)c2ccccc2c1O)N1CCCC1(I)C(=O)O. The summed E-state index contributed by atoms with van der Waals surface area (Å²) in [5.74, 6) is -2.01. The van der Waals surface area contributed by atoms with Gasteiger partial charge in [0.1, 0.15) is 5.15 Å². The average molecular weight is 447 g/mol. The molecule has 6 nitrogen and oxygen atoms in total. The number of rotatable bonds is 2. The second-order valence-corrected chi connectivity index (χ2v) is 7.41. The first-order valence-electron chi connectivity index (χ1n) is 6.87. The minimum atomic E-state index is -1.33. The maximum Gasteiger partial charge on any atom is 0.340 e. The molecule has 1 aliphatic rings. The number of carboxylic acid groups (broad SMARTS) is 1. The number of hydrogen-bond acceptors (Lipinski definition) is 4. The van der Waals surface area contributed by atoms with E-state index >= 15 is 0 Å². The highest BCUT2D eigenvalue weighted by Crippen LogP contribution is 2.39. The van der Waals surface area contributed by atoms with Crippen LogP contribution in [0, 0.1) is 0 Å². The fourth-order valence-corrected chi connectivity index (χ4v) is 3.84. The lowest BCUT2D eigenvalue weighted by molar-refractivity contribution is -0.142. The normalized spacial score (nSPS) is 20.9. The number of likely N-dealkylation sites (tertiary alicyclic amines) is 1. The molecule has 0 spiro atoms. The maximum atomic E-state index is 12.8. The molecule has 0 aliphatic carbocycles. The van der Waals surface area contributed by atoms with Gasteiger partial charge in [-0.25, -0.2) is 9.78 Å². The Morgan fingerprint density at radius 2 is 1.96 bits per heavy atom. The molecule has 1 aromatic heterocycles. The number of alkyl halides is 1. The number of aromatic nitrogens is 1. The van der Waals surface area contributed by atoms with Gasteiger partial charge in [0.05, 0.1) is 0 Å². The van der Waals surface area contributed by atoms with Crippen molar-refractivity contribution in [1.82, 2.24) is 9.88 Å². The van der Waals surface area contributed by atoms with E-state index in [9.17, 15) is 19.8 Å². The number of amides is 1. The first-order valence-corrected chi connectivity index (χ1v) is 8.33. The summed E-state index contributed by atoms with van der Waals surface area (Å²) in [6.45, 7) is 0.291. The summed E-state index contributed by atoms with van der Waals surface area (Å²) in [5, 5.41) is 20.8. The van der Waals surface area contributed by atoms with E-state index in [0.29, 0.717) is 30.2 Å². The highest BCUT2D eigenvalue weighted by Gasteiger charge is 2.49. The number of benzene rings is 1. The number of halogens is 2. The van der Waals surface area contributed by atoms with Gasteiger partial charge >= 0.3 is 5.97 Å². The number of nitrogens with zero attached hydrogens (tertiary/aromatic N) is 2. The van der Waals surface area contributed by atoms with Crippen molar-refractivity contribution in [1.29, 1.82) is 0 Å². The number of carboxylic acids is 1. The van der Waals surface area contributed by atoms with Gasteiger partial charge in [0.15, 0.2) is 15.0 Å². The van der Waals surface area contributed by atoms with Gasteiger partial charge in [-0.15, -0.1) is 0 Å². The number of fused-ring (bicyclic) bond motifs is 1. The fraction of sp³-hybridized carbons (Fsp3) is 0.267. The summed E-state index contributed by atoms with van der Waals surface area (Å²) in [5.41, 5.74) is -0.224. The fourth-order valence-electron chi connectivity index (χ4n) is 2.75. The number of pyridine rings is 1. The molecular formula is C15H12ClIN2O4. The molecule has 2 N–H and O–H groups in total. The zero-order valence-electron chi connectivity index (χ0n) is 11.8. The Bertz CT molecular complexity index is 828. The Morgan fingerprint density at radius 1 is 1.30 bits per heavy atom. The van der Waals surface area contributed by atoms with Crippen LogP contribution in [0.3, 0.4) is 0 Å². The topological polar surface area (TPSA) is 90.7 Å². The zero-order valence-corrected chi connectivity index (χ0v) is 14.7. The first-order chi connectivity index (χ1) is 10.9.